The zero-order valence-corrected chi connectivity index (χ0v) is 14.2. The highest BCUT2D eigenvalue weighted by Crippen LogP contribution is 2.34. The SMILES string of the molecule is CC1CC(CN2CCC(CCCN3CCCCC3)CC2)C1. The Labute approximate surface area is 132 Å². The van der Waals surface area contributed by atoms with Crippen molar-refractivity contribution in [2.24, 2.45) is 17.8 Å². The topological polar surface area (TPSA) is 6.48 Å². The smallest absolute Gasteiger partial charge is 0.000986 e. The van der Waals surface area contributed by atoms with Crippen LogP contribution < -0.4 is 0 Å². The maximum absolute atomic E-state index is 2.76. The maximum atomic E-state index is 2.76. The Morgan fingerprint density at radius 3 is 2.19 bits per heavy atom. The van der Waals surface area contributed by atoms with Crippen molar-refractivity contribution in [1.82, 2.24) is 9.80 Å². The molecular weight excluding hydrogens is 256 g/mol. The molecule has 0 amide bonds. The summed E-state index contributed by atoms with van der Waals surface area (Å²) in [6.07, 6.45) is 13.2. The fourth-order valence-electron chi connectivity index (χ4n) is 4.83. The van der Waals surface area contributed by atoms with Gasteiger partial charge in [-0.1, -0.05) is 13.3 Å². The third kappa shape index (κ3) is 4.96. The number of rotatable bonds is 6. The summed E-state index contributed by atoms with van der Waals surface area (Å²) >= 11 is 0. The van der Waals surface area contributed by atoms with Crippen molar-refractivity contribution < 1.29 is 0 Å². The van der Waals surface area contributed by atoms with Gasteiger partial charge < -0.3 is 9.80 Å². The van der Waals surface area contributed by atoms with Crippen LogP contribution in [0.15, 0.2) is 0 Å². The molecule has 0 aromatic heterocycles. The van der Waals surface area contributed by atoms with Gasteiger partial charge >= 0.3 is 0 Å². The van der Waals surface area contributed by atoms with Crippen LogP contribution in [0.1, 0.15) is 64.7 Å². The predicted octanol–water partition coefficient (Wildman–Crippen LogP) is 4.01. The van der Waals surface area contributed by atoms with Crippen LogP contribution in [0, 0.1) is 17.8 Å². The number of piperidine rings is 2. The summed E-state index contributed by atoms with van der Waals surface area (Å²) in [5.41, 5.74) is 0. The van der Waals surface area contributed by atoms with Crippen molar-refractivity contribution in [2.75, 3.05) is 39.3 Å². The van der Waals surface area contributed by atoms with Gasteiger partial charge in [0.1, 0.15) is 0 Å². The maximum Gasteiger partial charge on any atom is 0.000986 e. The average Bonchev–Trinajstić information content (AvgIpc) is 2.48. The highest BCUT2D eigenvalue weighted by Gasteiger charge is 2.28. The number of nitrogens with zero attached hydrogens (tertiary/aromatic N) is 2. The second kappa shape index (κ2) is 7.97. The quantitative estimate of drug-likeness (QED) is 0.730. The first-order valence-electron chi connectivity index (χ1n) is 9.74. The first-order chi connectivity index (χ1) is 10.3. The lowest BCUT2D eigenvalue weighted by molar-refractivity contribution is 0.101. The molecule has 0 unspecified atom stereocenters. The molecule has 0 N–H and O–H groups in total. The van der Waals surface area contributed by atoms with Gasteiger partial charge in [-0.25, -0.2) is 0 Å². The van der Waals surface area contributed by atoms with Crippen LogP contribution in [-0.2, 0) is 0 Å². The highest BCUT2D eigenvalue weighted by atomic mass is 15.1. The minimum absolute atomic E-state index is 1.02. The summed E-state index contributed by atoms with van der Waals surface area (Å²) < 4.78 is 0. The van der Waals surface area contributed by atoms with Crippen LogP contribution >= 0.6 is 0 Å². The molecule has 2 heteroatoms. The first kappa shape index (κ1) is 15.8. The van der Waals surface area contributed by atoms with Crippen molar-refractivity contribution in [3.05, 3.63) is 0 Å². The summed E-state index contributed by atoms with van der Waals surface area (Å²) in [4.78, 5) is 5.47. The molecule has 0 aromatic rings. The molecule has 21 heavy (non-hydrogen) atoms. The second-order valence-electron chi connectivity index (χ2n) is 8.23. The van der Waals surface area contributed by atoms with Crippen molar-refractivity contribution in [3.63, 3.8) is 0 Å². The molecular formula is C19H36N2. The summed E-state index contributed by atoms with van der Waals surface area (Å²) in [7, 11) is 0. The average molecular weight is 293 g/mol. The molecule has 0 aromatic carbocycles. The van der Waals surface area contributed by atoms with Crippen molar-refractivity contribution in [1.29, 1.82) is 0 Å². The van der Waals surface area contributed by atoms with E-state index in [0.29, 0.717) is 0 Å². The van der Waals surface area contributed by atoms with E-state index in [-0.39, 0.29) is 0 Å². The molecule has 122 valence electrons. The van der Waals surface area contributed by atoms with E-state index >= 15 is 0 Å². The van der Waals surface area contributed by atoms with Crippen LogP contribution in [0.4, 0.5) is 0 Å². The Kier molecular flexibility index (Phi) is 5.99. The van der Waals surface area contributed by atoms with Crippen LogP contribution in [0.5, 0.6) is 0 Å². The minimum atomic E-state index is 1.02. The molecule has 3 aliphatic rings. The van der Waals surface area contributed by atoms with E-state index in [0.717, 1.165) is 17.8 Å². The monoisotopic (exact) mass is 292 g/mol. The first-order valence-corrected chi connectivity index (χ1v) is 9.74. The van der Waals surface area contributed by atoms with Crippen LogP contribution in [0.25, 0.3) is 0 Å². The number of likely N-dealkylation sites (tertiary alicyclic amines) is 2. The standard InChI is InChI=1S/C19H36N2/c1-17-14-19(15-17)16-21-12-7-18(8-13-21)6-5-11-20-9-3-2-4-10-20/h17-19H,2-16H2,1H3. The zero-order chi connectivity index (χ0) is 14.5. The van der Waals surface area contributed by atoms with E-state index in [1.807, 2.05) is 0 Å². The molecule has 0 radical (unpaired) electrons. The van der Waals surface area contributed by atoms with E-state index in [1.54, 1.807) is 0 Å². The summed E-state index contributed by atoms with van der Waals surface area (Å²) in [5, 5.41) is 0. The lowest BCUT2D eigenvalue weighted by Gasteiger charge is -2.39. The number of hydrogen-bond acceptors (Lipinski definition) is 2. The summed E-state index contributed by atoms with van der Waals surface area (Å²) in [6, 6.07) is 0. The normalized spacial score (nSPS) is 33.0. The van der Waals surface area contributed by atoms with Gasteiger partial charge in [-0.2, -0.15) is 0 Å². The Balaban J connectivity index is 1.24. The third-order valence-corrected chi connectivity index (χ3v) is 6.23. The molecule has 0 bridgehead atoms. The van der Waals surface area contributed by atoms with E-state index in [1.165, 1.54) is 97.1 Å². The lowest BCUT2D eigenvalue weighted by atomic mass is 9.75. The van der Waals surface area contributed by atoms with Gasteiger partial charge in [0.25, 0.3) is 0 Å². The Hall–Kier alpha value is -0.0800. The second-order valence-corrected chi connectivity index (χ2v) is 8.23. The van der Waals surface area contributed by atoms with E-state index in [2.05, 4.69) is 16.7 Å². The van der Waals surface area contributed by atoms with Gasteiger partial charge in [0.15, 0.2) is 0 Å². The third-order valence-electron chi connectivity index (χ3n) is 6.23. The van der Waals surface area contributed by atoms with Gasteiger partial charge in [-0.3, -0.25) is 0 Å². The molecule has 0 spiro atoms. The molecule has 0 atom stereocenters. The van der Waals surface area contributed by atoms with Crippen molar-refractivity contribution in [2.45, 2.75) is 64.7 Å². The Bertz CT molecular complexity index is 284. The van der Waals surface area contributed by atoms with E-state index in [4.69, 9.17) is 0 Å². The van der Waals surface area contributed by atoms with Crippen LogP contribution in [0.2, 0.25) is 0 Å². The zero-order valence-electron chi connectivity index (χ0n) is 14.2. The van der Waals surface area contributed by atoms with E-state index < -0.39 is 0 Å². The van der Waals surface area contributed by atoms with Crippen molar-refractivity contribution in [3.8, 4) is 0 Å². The minimum Gasteiger partial charge on any atom is -0.303 e. The largest absolute Gasteiger partial charge is 0.303 e. The number of hydrogen-bond donors (Lipinski definition) is 0. The highest BCUT2D eigenvalue weighted by molar-refractivity contribution is 4.81. The Morgan fingerprint density at radius 1 is 0.810 bits per heavy atom. The fraction of sp³-hybridized carbons (Fsp3) is 1.00. The van der Waals surface area contributed by atoms with E-state index in [9.17, 15) is 0 Å². The van der Waals surface area contributed by atoms with Gasteiger partial charge in [0, 0.05) is 6.54 Å². The molecule has 2 saturated heterocycles. The predicted molar refractivity (Wildman–Crippen MR) is 90.6 cm³/mol. The summed E-state index contributed by atoms with van der Waals surface area (Å²) in [5.74, 6) is 3.09. The fourth-order valence-corrected chi connectivity index (χ4v) is 4.83. The molecule has 1 saturated carbocycles. The van der Waals surface area contributed by atoms with Gasteiger partial charge in [0.2, 0.25) is 0 Å². The molecule has 2 nitrogen and oxygen atoms in total. The van der Waals surface area contributed by atoms with Gasteiger partial charge in [0.05, 0.1) is 0 Å². The summed E-state index contributed by atoms with van der Waals surface area (Å²) in [6.45, 7) is 10.7. The van der Waals surface area contributed by atoms with Crippen LogP contribution in [-0.4, -0.2) is 49.1 Å². The van der Waals surface area contributed by atoms with Gasteiger partial charge in [-0.05, 0) is 102 Å². The molecule has 1 aliphatic carbocycles. The molecule has 3 fully saturated rings. The molecule has 2 heterocycles. The van der Waals surface area contributed by atoms with Gasteiger partial charge in [-0.15, -0.1) is 0 Å². The van der Waals surface area contributed by atoms with Crippen molar-refractivity contribution >= 4 is 0 Å². The Morgan fingerprint density at radius 2 is 1.52 bits per heavy atom. The molecule has 2 aliphatic heterocycles. The molecule has 3 rings (SSSR count). The van der Waals surface area contributed by atoms with Crippen LogP contribution in [0.3, 0.4) is 0 Å². The lowest BCUT2D eigenvalue weighted by Crippen LogP contribution is -2.40.